The van der Waals surface area contributed by atoms with Crippen molar-refractivity contribution in [2.75, 3.05) is 32.9 Å². The van der Waals surface area contributed by atoms with Crippen molar-refractivity contribution in [1.82, 2.24) is 10.6 Å². The van der Waals surface area contributed by atoms with Gasteiger partial charge < -0.3 is 25.2 Å². The molecule has 2 amide bonds. The van der Waals surface area contributed by atoms with Gasteiger partial charge in [0.25, 0.3) is 0 Å². The van der Waals surface area contributed by atoms with E-state index in [0.29, 0.717) is 5.57 Å². The van der Waals surface area contributed by atoms with Crippen molar-refractivity contribution in [1.29, 1.82) is 0 Å². The highest BCUT2D eigenvalue weighted by atomic mass is 16.5. The summed E-state index contributed by atoms with van der Waals surface area (Å²) in [5, 5.41) is 13.7. The fourth-order valence-electron chi connectivity index (χ4n) is 3.57. The van der Waals surface area contributed by atoms with E-state index in [0.717, 1.165) is 22.3 Å². The van der Waals surface area contributed by atoms with Crippen LogP contribution in [0.3, 0.4) is 0 Å². The zero-order chi connectivity index (χ0) is 22.9. The van der Waals surface area contributed by atoms with Crippen molar-refractivity contribution in [3.05, 3.63) is 71.3 Å². The molecule has 2 aromatic rings. The fourth-order valence-corrected chi connectivity index (χ4v) is 3.57. The first-order valence-corrected chi connectivity index (χ1v) is 10.3. The van der Waals surface area contributed by atoms with Crippen molar-refractivity contribution in [2.45, 2.75) is 12.8 Å². The van der Waals surface area contributed by atoms with Crippen molar-refractivity contribution >= 4 is 18.0 Å². The lowest BCUT2D eigenvalue weighted by atomic mass is 9.98. The third-order valence-electron chi connectivity index (χ3n) is 5.11. The highest BCUT2D eigenvalue weighted by molar-refractivity contribution is 5.92. The number of nitrogens with one attached hydrogen (secondary N) is 2. The number of ether oxygens (including phenoxy) is 2. The summed E-state index contributed by atoms with van der Waals surface area (Å²) in [6, 6.07) is 16.2. The molecule has 0 atom stereocenters. The van der Waals surface area contributed by atoms with Crippen LogP contribution in [0.2, 0.25) is 0 Å². The van der Waals surface area contributed by atoms with Crippen LogP contribution in [0.25, 0.3) is 11.1 Å². The highest BCUT2D eigenvalue weighted by Gasteiger charge is 2.28. The molecule has 0 aliphatic heterocycles. The molecule has 0 unspecified atom stereocenters. The maximum atomic E-state index is 12.1. The second kappa shape index (κ2) is 11.1. The van der Waals surface area contributed by atoms with Gasteiger partial charge in [-0.05, 0) is 29.2 Å². The van der Waals surface area contributed by atoms with Gasteiger partial charge in [0.2, 0.25) is 5.91 Å². The lowest BCUT2D eigenvalue weighted by molar-refractivity contribution is -0.142. The molecule has 0 spiro atoms. The minimum absolute atomic E-state index is 0.0143. The molecule has 0 aromatic heterocycles. The Morgan fingerprint density at radius 1 is 1.00 bits per heavy atom. The quantitative estimate of drug-likeness (QED) is 0.388. The van der Waals surface area contributed by atoms with Crippen LogP contribution in [-0.4, -0.2) is 56.0 Å². The summed E-state index contributed by atoms with van der Waals surface area (Å²) in [7, 11) is 0. The normalized spacial score (nSPS) is 12.6. The SMILES string of the molecule is C/C(=C\CNC(=O)OCC1c2ccccc2-c2ccccc21)C(=O)NCCOCC(=O)O. The number of carbonyl (C=O) groups excluding carboxylic acids is 2. The first kappa shape index (κ1) is 23.0. The van der Waals surface area contributed by atoms with E-state index in [1.807, 2.05) is 24.3 Å². The second-order valence-corrected chi connectivity index (χ2v) is 7.30. The number of benzene rings is 2. The van der Waals surface area contributed by atoms with Crippen molar-refractivity contribution in [3.8, 4) is 11.1 Å². The van der Waals surface area contributed by atoms with Crippen LogP contribution in [-0.2, 0) is 19.1 Å². The smallest absolute Gasteiger partial charge is 0.407 e. The van der Waals surface area contributed by atoms with E-state index < -0.39 is 18.7 Å². The van der Waals surface area contributed by atoms with E-state index in [1.165, 1.54) is 0 Å². The van der Waals surface area contributed by atoms with Crippen LogP contribution in [0.1, 0.15) is 24.0 Å². The zero-order valence-electron chi connectivity index (χ0n) is 17.8. The summed E-state index contributed by atoms with van der Waals surface area (Å²) in [6.07, 6.45) is 1.02. The molecule has 2 aromatic carbocycles. The van der Waals surface area contributed by atoms with Gasteiger partial charge in [0.05, 0.1) is 6.61 Å². The van der Waals surface area contributed by atoms with Crippen LogP contribution >= 0.6 is 0 Å². The molecule has 0 radical (unpaired) electrons. The van der Waals surface area contributed by atoms with Crippen molar-refractivity contribution in [3.63, 3.8) is 0 Å². The van der Waals surface area contributed by atoms with Crippen LogP contribution in [0.15, 0.2) is 60.2 Å². The predicted molar refractivity (Wildman–Crippen MR) is 118 cm³/mol. The standard InChI is InChI=1S/C24H26N2O6/c1-16(23(29)25-12-13-31-15-22(27)28)10-11-26-24(30)32-14-21-19-8-4-2-6-17(19)18-7-3-5-9-20(18)21/h2-10,21H,11-15H2,1H3,(H,25,29)(H,26,30)(H,27,28)/b16-10+. The molecule has 0 bridgehead atoms. The number of carboxylic acids is 1. The topological polar surface area (TPSA) is 114 Å². The molecule has 168 valence electrons. The highest BCUT2D eigenvalue weighted by Crippen LogP contribution is 2.44. The van der Waals surface area contributed by atoms with Gasteiger partial charge in [0.1, 0.15) is 13.2 Å². The Kier molecular flexibility index (Phi) is 7.99. The molecule has 3 N–H and O–H groups in total. The molecule has 8 heteroatoms. The lowest BCUT2D eigenvalue weighted by Gasteiger charge is -2.14. The van der Waals surface area contributed by atoms with Gasteiger partial charge in [0.15, 0.2) is 0 Å². The summed E-state index contributed by atoms with van der Waals surface area (Å²) in [5.41, 5.74) is 5.02. The van der Waals surface area contributed by atoms with Gasteiger partial charge in [0, 0.05) is 24.6 Å². The molecule has 0 saturated heterocycles. The number of amides is 2. The third kappa shape index (κ3) is 5.95. The van der Waals surface area contributed by atoms with Gasteiger partial charge in [-0.3, -0.25) is 4.79 Å². The monoisotopic (exact) mass is 438 g/mol. The average Bonchev–Trinajstić information content (AvgIpc) is 3.11. The minimum Gasteiger partial charge on any atom is -0.480 e. The average molecular weight is 438 g/mol. The summed E-state index contributed by atoms with van der Waals surface area (Å²) >= 11 is 0. The molecule has 3 rings (SSSR count). The number of rotatable bonds is 10. The Hall–Kier alpha value is -3.65. The van der Waals surface area contributed by atoms with E-state index in [2.05, 4.69) is 34.9 Å². The van der Waals surface area contributed by atoms with E-state index in [-0.39, 0.29) is 38.1 Å². The number of carbonyl (C=O) groups is 3. The lowest BCUT2D eigenvalue weighted by Crippen LogP contribution is -2.30. The van der Waals surface area contributed by atoms with Crippen molar-refractivity contribution in [2.24, 2.45) is 0 Å². The number of carboxylic acid groups (broad SMARTS) is 1. The largest absolute Gasteiger partial charge is 0.480 e. The predicted octanol–water partition coefficient (Wildman–Crippen LogP) is 2.69. The Balaban J connectivity index is 1.43. The zero-order valence-corrected chi connectivity index (χ0v) is 17.8. The summed E-state index contributed by atoms with van der Waals surface area (Å²) < 4.78 is 10.3. The molecular weight excluding hydrogens is 412 g/mol. The Labute approximate surface area is 186 Å². The summed E-state index contributed by atoms with van der Waals surface area (Å²) in [4.78, 5) is 34.4. The molecule has 0 saturated carbocycles. The van der Waals surface area contributed by atoms with Crippen molar-refractivity contribution < 1.29 is 29.0 Å². The van der Waals surface area contributed by atoms with Crippen LogP contribution in [0.4, 0.5) is 4.79 Å². The molecule has 0 heterocycles. The number of alkyl carbamates (subject to hydrolysis) is 1. The van der Waals surface area contributed by atoms with E-state index in [1.54, 1.807) is 13.0 Å². The molecule has 32 heavy (non-hydrogen) atoms. The van der Waals surface area contributed by atoms with E-state index >= 15 is 0 Å². The van der Waals surface area contributed by atoms with E-state index in [4.69, 9.17) is 14.6 Å². The van der Waals surface area contributed by atoms with Gasteiger partial charge in [-0.15, -0.1) is 0 Å². The van der Waals surface area contributed by atoms with Gasteiger partial charge in [-0.25, -0.2) is 9.59 Å². The fraction of sp³-hybridized carbons (Fsp3) is 0.292. The summed E-state index contributed by atoms with van der Waals surface area (Å²) in [6.45, 7) is 1.87. The Bertz CT molecular complexity index is 972. The molecule has 8 nitrogen and oxygen atoms in total. The minimum atomic E-state index is -1.06. The second-order valence-electron chi connectivity index (χ2n) is 7.30. The number of hydrogen-bond acceptors (Lipinski definition) is 5. The maximum Gasteiger partial charge on any atom is 0.407 e. The van der Waals surface area contributed by atoms with Gasteiger partial charge in [-0.2, -0.15) is 0 Å². The molecule has 0 fully saturated rings. The van der Waals surface area contributed by atoms with Gasteiger partial charge in [-0.1, -0.05) is 54.6 Å². The Morgan fingerprint density at radius 3 is 2.25 bits per heavy atom. The Morgan fingerprint density at radius 2 is 1.62 bits per heavy atom. The van der Waals surface area contributed by atoms with Crippen LogP contribution in [0, 0.1) is 0 Å². The van der Waals surface area contributed by atoms with Crippen LogP contribution in [0.5, 0.6) is 0 Å². The number of aliphatic carboxylic acids is 1. The molecular formula is C24H26N2O6. The molecule has 1 aliphatic rings. The first-order valence-electron chi connectivity index (χ1n) is 10.3. The summed E-state index contributed by atoms with van der Waals surface area (Å²) in [5.74, 6) is -1.40. The number of hydrogen-bond donors (Lipinski definition) is 3. The number of fused-ring (bicyclic) bond motifs is 3. The van der Waals surface area contributed by atoms with Gasteiger partial charge >= 0.3 is 12.1 Å². The third-order valence-corrected chi connectivity index (χ3v) is 5.11. The first-order chi connectivity index (χ1) is 15.5. The van der Waals surface area contributed by atoms with Crippen LogP contribution < -0.4 is 10.6 Å². The molecule has 1 aliphatic carbocycles. The maximum absolute atomic E-state index is 12.1. The van der Waals surface area contributed by atoms with E-state index in [9.17, 15) is 14.4 Å².